The molecule has 2 atom stereocenters. The van der Waals surface area contributed by atoms with Crippen LogP contribution in [0.2, 0.25) is 0 Å². The van der Waals surface area contributed by atoms with Crippen LogP contribution in [0.1, 0.15) is 31.7 Å². The normalized spacial score (nSPS) is 24.9. The highest BCUT2D eigenvalue weighted by atomic mass is 16.5. The van der Waals surface area contributed by atoms with Crippen LogP contribution >= 0.6 is 0 Å². The van der Waals surface area contributed by atoms with Crippen LogP contribution in [-0.4, -0.2) is 12.1 Å². The van der Waals surface area contributed by atoms with Crippen LogP contribution in [-0.2, 0) is 0 Å². The number of hydrogen-bond donors (Lipinski definition) is 1. The van der Waals surface area contributed by atoms with Crippen molar-refractivity contribution in [3.63, 3.8) is 0 Å². The second kappa shape index (κ2) is 4.95. The van der Waals surface area contributed by atoms with E-state index in [4.69, 9.17) is 10.5 Å². The zero-order valence-electron chi connectivity index (χ0n) is 12.1. The minimum Gasteiger partial charge on any atom is -0.491 e. The first-order valence-corrected chi connectivity index (χ1v) is 7.23. The molecular weight excluding hydrogens is 246 g/mol. The summed E-state index contributed by atoms with van der Waals surface area (Å²) in [6.45, 7) is 4.85. The van der Waals surface area contributed by atoms with E-state index < -0.39 is 0 Å². The highest BCUT2D eigenvalue weighted by Crippen LogP contribution is 2.44. The highest BCUT2D eigenvalue weighted by molar-refractivity contribution is 5.73. The summed E-state index contributed by atoms with van der Waals surface area (Å²) < 4.78 is 6.03. The lowest BCUT2D eigenvalue weighted by molar-refractivity contribution is 0.172. The van der Waals surface area contributed by atoms with Crippen molar-refractivity contribution in [3.05, 3.63) is 54.1 Å². The van der Waals surface area contributed by atoms with E-state index in [1.807, 2.05) is 6.07 Å². The minimum atomic E-state index is -0.295. The Balaban J connectivity index is 2.14. The molecule has 0 aromatic heterocycles. The molecule has 2 aromatic carbocycles. The highest BCUT2D eigenvalue weighted by Gasteiger charge is 2.37. The van der Waals surface area contributed by atoms with Gasteiger partial charge in [-0.3, -0.25) is 0 Å². The Morgan fingerprint density at radius 3 is 2.60 bits per heavy atom. The second-order valence-corrected chi connectivity index (χ2v) is 5.85. The Labute approximate surface area is 120 Å². The van der Waals surface area contributed by atoms with Gasteiger partial charge >= 0.3 is 0 Å². The summed E-state index contributed by atoms with van der Waals surface area (Å²) in [4.78, 5) is 0. The summed E-state index contributed by atoms with van der Waals surface area (Å²) in [6.07, 6.45) is 1.03. The molecule has 0 unspecified atom stereocenters. The molecule has 0 saturated carbocycles. The van der Waals surface area contributed by atoms with Crippen LogP contribution in [0.3, 0.4) is 0 Å². The topological polar surface area (TPSA) is 35.2 Å². The number of fused-ring (bicyclic) bond motifs is 1. The summed E-state index contributed by atoms with van der Waals surface area (Å²) in [5, 5.41) is 0. The fraction of sp³-hybridized carbons (Fsp3) is 0.333. The van der Waals surface area contributed by atoms with Crippen molar-refractivity contribution in [1.82, 2.24) is 0 Å². The van der Waals surface area contributed by atoms with E-state index >= 15 is 0 Å². The van der Waals surface area contributed by atoms with Gasteiger partial charge in [0.05, 0.1) is 5.54 Å². The Morgan fingerprint density at radius 2 is 1.90 bits per heavy atom. The molecule has 1 aliphatic rings. The predicted molar refractivity (Wildman–Crippen MR) is 83.0 cm³/mol. The Hall–Kier alpha value is -1.80. The van der Waals surface area contributed by atoms with E-state index in [1.54, 1.807) is 0 Å². The average molecular weight is 267 g/mol. The molecule has 0 aliphatic carbocycles. The van der Waals surface area contributed by atoms with E-state index in [1.165, 1.54) is 11.1 Å². The number of para-hydroxylation sites is 1. The molecule has 0 spiro atoms. The van der Waals surface area contributed by atoms with E-state index in [9.17, 15) is 0 Å². The number of nitrogens with two attached hydrogens (primary N) is 1. The van der Waals surface area contributed by atoms with Gasteiger partial charge in [-0.2, -0.15) is 0 Å². The van der Waals surface area contributed by atoms with Crippen molar-refractivity contribution < 1.29 is 4.74 Å². The maximum atomic E-state index is 6.41. The van der Waals surface area contributed by atoms with E-state index in [0.29, 0.717) is 12.5 Å². The molecule has 1 aliphatic heterocycles. The largest absolute Gasteiger partial charge is 0.491 e. The van der Waals surface area contributed by atoms with Crippen molar-refractivity contribution in [2.24, 2.45) is 5.73 Å². The molecule has 2 N–H and O–H groups in total. The first kappa shape index (κ1) is 13.2. The molecule has 0 amide bonds. The first-order valence-electron chi connectivity index (χ1n) is 7.23. The van der Waals surface area contributed by atoms with Crippen molar-refractivity contribution in [1.29, 1.82) is 0 Å². The van der Waals surface area contributed by atoms with Gasteiger partial charge in [0.25, 0.3) is 0 Å². The molecule has 20 heavy (non-hydrogen) atoms. The van der Waals surface area contributed by atoms with Crippen molar-refractivity contribution in [2.45, 2.75) is 31.7 Å². The molecule has 2 heteroatoms. The molecule has 0 saturated heterocycles. The van der Waals surface area contributed by atoms with E-state index in [-0.39, 0.29) is 5.54 Å². The molecule has 1 heterocycles. The fourth-order valence-electron chi connectivity index (χ4n) is 3.21. The molecule has 2 aromatic rings. The standard InChI is InChI=1S/C18H21NO/c1-3-16-15-11-7-10-14(13-8-5-4-6-9-13)17(15)20-12-18(16,2)19/h4-11,16H,3,12,19H2,1-2H3/t16-,18+/m0/s1. The van der Waals surface area contributed by atoms with Gasteiger partial charge in [0.2, 0.25) is 0 Å². The van der Waals surface area contributed by atoms with Crippen molar-refractivity contribution in [2.75, 3.05) is 6.61 Å². The van der Waals surface area contributed by atoms with Crippen molar-refractivity contribution in [3.8, 4) is 16.9 Å². The average Bonchev–Trinajstić information content (AvgIpc) is 2.46. The van der Waals surface area contributed by atoms with Gasteiger partial charge < -0.3 is 10.5 Å². The van der Waals surface area contributed by atoms with Crippen LogP contribution in [0.25, 0.3) is 11.1 Å². The zero-order chi connectivity index (χ0) is 14.2. The van der Waals surface area contributed by atoms with Crippen LogP contribution in [0.15, 0.2) is 48.5 Å². The third-order valence-corrected chi connectivity index (χ3v) is 4.24. The molecule has 2 nitrogen and oxygen atoms in total. The molecule has 104 valence electrons. The number of ether oxygens (including phenoxy) is 1. The summed E-state index contributed by atoms with van der Waals surface area (Å²) in [6, 6.07) is 16.8. The molecule has 0 bridgehead atoms. The van der Waals surface area contributed by atoms with Gasteiger partial charge in [0.15, 0.2) is 0 Å². The second-order valence-electron chi connectivity index (χ2n) is 5.85. The molecule has 0 fully saturated rings. The summed E-state index contributed by atoms with van der Waals surface area (Å²) in [5.41, 5.74) is 9.72. The maximum absolute atomic E-state index is 6.41. The number of rotatable bonds is 2. The minimum absolute atomic E-state index is 0.295. The Morgan fingerprint density at radius 1 is 1.15 bits per heavy atom. The first-order chi connectivity index (χ1) is 9.63. The zero-order valence-corrected chi connectivity index (χ0v) is 12.1. The third kappa shape index (κ3) is 2.10. The maximum Gasteiger partial charge on any atom is 0.130 e. The summed E-state index contributed by atoms with van der Waals surface area (Å²) >= 11 is 0. The Bertz CT molecular complexity index is 604. The van der Waals surface area contributed by atoms with Crippen molar-refractivity contribution >= 4 is 0 Å². The van der Waals surface area contributed by atoms with Gasteiger partial charge in [0.1, 0.15) is 12.4 Å². The van der Waals surface area contributed by atoms with Gasteiger partial charge in [-0.05, 0) is 24.5 Å². The lowest BCUT2D eigenvalue weighted by Gasteiger charge is -2.39. The third-order valence-electron chi connectivity index (χ3n) is 4.24. The van der Waals surface area contributed by atoms with Gasteiger partial charge in [0, 0.05) is 11.5 Å². The van der Waals surface area contributed by atoms with E-state index in [2.05, 4.69) is 56.3 Å². The lowest BCUT2D eigenvalue weighted by atomic mass is 9.77. The monoisotopic (exact) mass is 267 g/mol. The number of hydrogen-bond acceptors (Lipinski definition) is 2. The molecule has 3 rings (SSSR count). The van der Waals surface area contributed by atoms with Crippen LogP contribution in [0.5, 0.6) is 5.75 Å². The van der Waals surface area contributed by atoms with Gasteiger partial charge in [-0.15, -0.1) is 0 Å². The Kier molecular flexibility index (Phi) is 3.27. The summed E-state index contributed by atoms with van der Waals surface area (Å²) in [5.74, 6) is 1.35. The number of benzene rings is 2. The molecule has 0 radical (unpaired) electrons. The summed E-state index contributed by atoms with van der Waals surface area (Å²) in [7, 11) is 0. The predicted octanol–water partition coefficient (Wildman–Crippen LogP) is 3.96. The SMILES string of the molecule is CC[C@H]1c2cccc(-c3ccccc3)c2OC[C@@]1(C)N. The quantitative estimate of drug-likeness (QED) is 0.894. The van der Waals surface area contributed by atoms with Gasteiger partial charge in [-0.1, -0.05) is 55.5 Å². The van der Waals surface area contributed by atoms with Crippen LogP contribution in [0.4, 0.5) is 0 Å². The smallest absolute Gasteiger partial charge is 0.130 e. The van der Waals surface area contributed by atoms with Gasteiger partial charge in [-0.25, -0.2) is 0 Å². The van der Waals surface area contributed by atoms with Crippen LogP contribution in [0, 0.1) is 0 Å². The lowest BCUT2D eigenvalue weighted by Crippen LogP contribution is -2.50. The fourth-order valence-corrected chi connectivity index (χ4v) is 3.21. The van der Waals surface area contributed by atoms with Crippen LogP contribution < -0.4 is 10.5 Å². The molecular formula is C18H21NO. The van der Waals surface area contributed by atoms with E-state index in [0.717, 1.165) is 17.7 Å².